The Labute approximate surface area is 70.2 Å². The monoisotopic (exact) mass is 159 g/mol. The highest BCUT2D eigenvalue weighted by Crippen LogP contribution is 2.19. The highest BCUT2D eigenvalue weighted by atomic mass is 16.1. The van der Waals surface area contributed by atoms with Crippen molar-refractivity contribution in [1.29, 1.82) is 0 Å². The summed E-state index contributed by atoms with van der Waals surface area (Å²) in [7, 11) is 0. The lowest BCUT2D eigenvalue weighted by Gasteiger charge is -2.11. The second kappa shape index (κ2) is 2.55. The molecule has 1 aromatic rings. The average Bonchev–Trinajstić information content (AvgIpc) is 2.12. The first-order valence-electron chi connectivity index (χ1n) is 3.85. The van der Waals surface area contributed by atoms with Gasteiger partial charge in [0.2, 0.25) is 0 Å². The predicted molar refractivity (Wildman–Crippen MR) is 43.2 cm³/mol. The highest BCUT2D eigenvalue weighted by molar-refractivity contribution is 6.13. The van der Waals surface area contributed by atoms with Crippen LogP contribution in [0.25, 0.3) is 0 Å². The fraction of sp³-hybridized carbons (Fsp3) is 0.200. The topological polar surface area (TPSA) is 34.1 Å². The highest BCUT2D eigenvalue weighted by Gasteiger charge is 2.22. The summed E-state index contributed by atoms with van der Waals surface area (Å²) in [5, 5.41) is 0. The van der Waals surface area contributed by atoms with Gasteiger partial charge in [-0.25, -0.2) is 0 Å². The molecule has 0 heterocycles. The van der Waals surface area contributed by atoms with E-state index in [1.165, 1.54) is 0 Å². The summed E-state index contributed by atoms with van der Waals surface area (Å²) < 4.78 is 0. The molecule has 2 rings (SSSR count). The molecule has 1 aliphatic rings. The quantitative estimate of drug-likeness (QED) is 0.576. The Morgan fingerprint density at radius 2 is 1.75 bits per heavy atom. The zero-order chi connectivity index (χ0) is 8.55. The van der Waals surface area contributed by atoms with E-state index in [-0.39, 0.29) is 11.6 Å². The molecule has 0 fully saturated rings. The van der Waals surface area contributed by atoms with Crippen molar-refractivity contribution in [2.45, 2.75) is 12.8 Å². The van der Waals surface area contributed by atoms with Gasteiger partial charge in [0.25, 0.3) is 0 Å². The summed E-state index contributed by atoms with van der Waals surface area (Å²) >= 11 is 0. The van der Waals surface area contributed by atoms with Gasteiger partial charge >= 0.3 is 0 Å². The van der Waals surface area contributed by atoms with Crippen LogP contribution in [-0.4, -0.2) is 11.6 Å². The van der Waals surface area contributed by atoms with Gasteiger partial charge in [0, 0.05) is 24.0 Å². The molecule has 0 bridgehead atoms. The molecule has 1 aliphatic carbocycles. The van der Waals surface area contributed by atoms with Crippen molar-refractivity contribution < 1.29 is 9.59 Å². The zero-order valence-electron chi connectivity index (χ0n) is 6.46. The van der Waals surface area contributed by atoms with E-state index in [0.29, 0.717) is 24.0 Å². The van der Waals surface area contributed by atoms with Gasteiger partial charge in [-0.2, -0.15) is 0 Å². The molecule has 2 heteroatoms. The second-order valence-electron chi connectivity index (χ2n) is 2.82. The molecule has 0 aliphatic heterocycles. The largest absolute Gasteiger partial charge is 0.294 e. The molecule has 0 unspecified atom stereocenters. The van der Waals surface area contributed by atoms with Gasteiger partial charge in [0.15, 0.2) is 11.6 Å². The first-order chi connectivity index (χ1) is 5.79. The van der Waals surface area contributed by atoms with E-state index in [2.05, 4.69) is 6.07 Å². The third kappa shape index (κ3) is 0.961. The third-order valence-corrected chi connectivity index (χ3v) is 2.04. The molecule has 0 amide bonds. The number of carbonyl (C=O) groups excluding carboxylic acids is 2. The van der Waals surface area contributed by atoms with E-state index in [9.17, 15) is 9.59 Å². The van der Waals surface area contributed by atoms with Crippen molar-refractivity contribution in [3.63, 3.8) is 0 Å². The van der Waals surface area contributed by atoms with Gasteiger partial charge in [-0.05, 0) is 12.1 Å². The number of benzene rings is 1. The molecule has 0 saturated carbocycles. The van der Waals surface area contributed by atoms with E-state index in [1.807, 2.05) is 0 Å². The first kappa shape index (κ1) is 7.22. The molecule has 0 aromatic heterocycles. The average molecular weight is 159 g/mol. The number of fused-ring (bicyclic) bond motifs is 1. The van der Waals surface area contributed by atoms with Gasteiger partial charge in [-0.3, -0.25) is 9.59 Å². The maximum Gasteiger partial charge on any atom is 0.164 e. The van der Waals surface area contributed by atoms with Crippen LogP contribution in [0.1, 0.15) is 33.6 Å². The molecule has 0 spiro atoms. The molecule has 0 saturated heterocycles. The minimum Gasteiger partial charge on any atom is -0.294 e. The van der Waals surface area contributed by atoms with Crippen molar-refractivity contribution in [2.75, 3.05) is 0 Å². The van der Waals surface area contributed by atoms with Crippen molar-refractivity contribution >= 4 is 11.6 Å². The van der Waals surface area contributed by atoms with E-state index >= 15 is 0 Å². The van der Waals surface area contributed by atoms with E-state index < -0.39 is 0 Å². The Morgan fingerprint density at radius 3 is 2.42 bits per heavy atom. The van der Waals surface area contributed by atoms with Crippen LogP contribution in [-0.2, 0) is 0 Å². The molecule has 12 heavy (non-hydrogen) atoms. The number of hydrogen-bond acceptors (Lipinski definition) is 2. The fourth-order valence-corrected chi connectivity index (χ4v) is 1.40. The minimum absolute atomic E-state index is 0.0569. The lowest BCUT2D eigenvalue weighted by atomic mass is 9.90. The van der Waals surface area contributed by atoms with E-state index in [1.54, 1.807) is 18.2 Å². The van der Waals surface area contributed by atoms with Crippen LogP contribution in [0, 0.1) is 6.07 Å². The van der Waals surface area contributed by atoms with Gasteiger partial charge in [0.1, 0.15) is 0 Å². The first-order valence-corrected chi connectivity index (χ1v) is 3.85. The smallest absolute Gasteiger partial charge is 0.164 e. The van der Waals surface area contributed by atoms with Crippen molar-refractivity contribution in [2.24, 2.45) is 0 Å². The fourth-order valence-electron chi connectivity index (χ4n) is 1.40. The normalized spacial score (nSPS) is 16.0. The lowest BCUT2D eigenvalue weighted by Crippen LogP contribution is -2.16. The van der Waals surface area contributed by atoms with Gasteiger partial charge in [0.05, 0.1) is 0 Å². The van der Waals surface area contributed by atoms with Crippen molar-refractivity contribution in [3.05, 3.63) is 35.4 Å². The predicted octanol–water partition coefficient (Wildman–Crippen LogP) is 1.65. The number of Topliss-reactive ketones (excluding diaryl/α,β-unsaturated/α-hetero) is 2. The van der Waals surface area contributed by atoms with Crippen molar-refractivity contribution in [3.8, 4) is 0 Å². The number of hydrogen-bond donors (Lipinski definition) is 0. The molecular weight excluding hydrogens is 152 g/mol. The number of carbonyl (C=O) groups is 2. The second-order valence-corrected chi connectivity index (χ2v) is 2.82. The minimum atomic E-state index is 0.0569. The van der Waals surface area contributed by atoms with Crippen LogP contribution < -0.4 is 0 Å². The summed E-state index contributed by atoms with van der Waals surface area (Å²) in [6, 6.07) is 7.71. The number of ketones is 2. The summed E-state index contributed by atoms with van der Waals surface area (Å²) in [5.74, 6) is 0.125. The maximum atomic E-state index is 11.3. The Kier molecular flexibility index (Phi) is 1.54. The van der Waals surface area contributed by atoms with Crippen LogP contribution in [0.3, 0.4) is 0 Å². The van der Waals surface area contributed by atoms with Crippen LogP contribution in [0.4, 0.5) is 0 Å². The zero-order valence-corrected chi connectivity index (χ0v) is 6.46. The Bertz CT molecular complexity index is 318. The lowest BCUT2D eigenvalue weighted by molar-refractivity contribution is 0.0890. The summed E-state index contributed by atoms with van der Waals surface area (Å²) in [6.07, 6.45) is 0.708. The maximum absolute atomic E-state index is 11.3. The molecular formula is C10H7O2. The Balaban J connectivity index is 2.62. The molecule has 2 nitrogen and oxygen atoms in total. The third-order valence-electron chi connectivity index (χ3n) is 2.04. The van der Waals surface area contributed by atoms with Crippen LogP contribution in [0.15, 0.2) is 18.2 Å². The van der Waals surface area contributed by atoms with E-state index in [4.69, 9.17) is 0 Å². The Morgan fingerprint density at radius 1 is 1.08 bits per heavy atom. The van der Waals surface area contributed by atoms with Crippen LogP contribution >= 0.6 is 0 Å². The van der Waals surface area contributed by atoms with Crippen LogP contribution in [0.2, 0.25) is 0 Å². The molecule has 1 aromatic carbocycles. The van der Waals surface area contributed by atoms with Gasteiger partial charge in [-0.1, -0.05) is 12.1 Å². The van der Waals surface area contributed by atoms with Crippen LogP contribution in [0.5, 0.6) is 0 Å². The van der Waals surface area contributed by atoms with E-state index in [0.717, 1.165) is 0 Å². The summed E-state index contributed by atoms with van der Waals surface area (Å²) in [5.41, 5.74) is 1.10. The molecule has 0 N–H and O–H groups in total. The SMILES string of the molecule is O=C1CCC(=O)c2cc[c]cc21. The molecule has 0 atom stereocenters. The summed E-state index contributed by atoms with van der Waals surface area (Å²) in [4.78, 5) is 22.5. The molecule has 1 radical (unpaired) electrons. The van der Waals surface area contributed by atoms with Gasteiger partial charge < -0.3 is 0 Å². The van der Waals surface area contributed by atoms with Gasteiger partial charge in [-0.15, -0.1) is 0 Å². The van der Waals surface area contributed by atoms with Crippen molar-refractivity contribution in [1.82, 2.24) is 0 Å². The summed E-state index contributed by atoms with van der Waals surface area (Å²) in [6.45, 7) is 0. The number of rotatable bonds is 0. The standard InChI is InChI=1S/C10H7O2/c11-9-5-6-10(12)8-4-2-1-3-7(8)9/h1,3-4H,5-6H2. The Hall–Kier alpha value is -1.44. The molecule has 59 valence electrons.